The van der Waals surface area contributed by atoms with Crippen LogP contribution in [0.2, 0.25) is 0 Å². The molecule has 0 radical (unpaired) electrons. The Morgan fingerprint density at radius 2 is 1.68 bits per heavy atom. The van der Waals surface area contributed by atoms with E-state index >= 15 is 0 Å². The first kappa shape index (κ1) is 26.4. The molecule has 0 bridgehead atoms. The number of hydrogen-bond donors (Lipinski definition) is 3. The van der Waals surface area contributed by atoms with E-state index < -0.39 is 23.6 Å². The molecule has 0 saturated heterocycles. The average Bonchev–Trinajstić information content (AvgIpc) is 2.97. The lowest BCUT2D eigenvalue weighted by atomic mass is 9.84. The van der Waals surface area contributed by atoms with Crippen LogP contribution in [0.3, 0.4) is 0 Å². The summed E-state index contributed by atoms with van der Waals surface area (Å²) in [5.74, 6) is -0.953. The molecule has 1 saturated carbocycles. The summed E-state index contributed by atoms with van der Waals surface area (Å²) in [5.41, 5.74) is 0.449. The predicted molar refractivity (Wildman–Crippen MR) is 135 cm³/mol. The number of carbonyl (C=O) groups excluding carboxylic acids is 1. The Balaban J connectivity index is 1.49. The summed E-state index contributed by atoms with van der Waals surface area (Å²) in [5, 5.41) is 32.7. The highest BCUT2D eigenvalue weighted by atomic mass is 16.4. The van der Waals surface area contributed by atoms with Gasteiger partial charge in [-0.15, -0.1) is 0 Å². The minimum Gasteiger partial charge on any atom is -0.481 e. The smallest absolute Gasteiger partial charge is 0.303 e. The van der Waals surface area contributed by atoms with Crippen molar-refractivity contribution in [1.82, 2.24) is 0 Å². The molecule has 3 N–H and O–H groups in total. The van der Waals surface area contributed by atoms with E-state index in [9.17, 15) is 19.8 Å². The number of fused-ring (bicyclic) bond motifs is 1. The van der Waals surface area contributed by atoms with Crippen LogP contribution in [-0.4, -0.2) is 39.3 Å². The highest BCUT2D eigenvalue weighted by Crippen LogP contribution is 2.46. The highest BCUT2D eigenvalue weighted by molar-refractivity contribution is 5.89. The van der Waals surface area contributed by atoms with Gasteiger partial charge in [-0.2, -0.15) is 0 Å². The number of aryl methyl sites for hydroxylation is 1. The standard InChI is InChI=1S/C29H40O5/c1-29(2)27(33)24(11-5-3-4-6-12-26(31)32)25(28(29)34)18-17-23(30)16-14-20-13-15-21-9-7-8-10-22(21)19-20/h7-10,13,15,19,23-25,28,30,34H,3-6,11-12,14,16-18H2,1-2H3,(H,31,32)/t23-,24+,25+,28-/m0/s1. The van der Waals surface area contributed by atoms with Crippen molar-refractivity contribution in [3.63, 3.8) is 0 Å². The molecule has 186 valence electrons. The number of ketones is 1. The van der Waals surface area contributed by atoms with Crippen LogP contribution in [0.5, 0.6) is 0 Å². The third-order valence-electron chi connectivity index (χ3n) is 7.70. The fraction of sp³-hybridized carbons (Fsp3) is 0.586. The lowest BCUT2D eigenvalue weighted by molar-refractivity contribution is -0.137. The van der Waals surface area contributed by atoms with Gasteiger partial charge in [0.2, 0.25) is 0 Å². The Labute approximate surface area is 203 Å². The number of unbranched alkanes of at least 4 members (excludes halogenated alkanes) is 3. The number of hydrogen-bond acceptors (Lipinski definition) is 4. The van der Waals surface area contributed by atoms with E-state index in [1.54, 1.807) is 0 Å². The largest absolute Gasteiger partial charge is 0.481 e. The van der Waals surface area contributed by atoms with Gasteiger partial charge in [-0.05, 0) is 60.8 Å². The van der Waals surface area contributed by atoms with Crippen LogP contribution in [0.4, 0.5) is 0 Å². The Hall–Kier alpha value is -2.24. The molecular weight excluding hydrogens is 428 g/mol. The molecule has 0 aromatic heterocycles. The second kappa shape index (κ2) is 11.9. The van der Waals surface area contributed by atoms with Crippen molar-refractivity contribution in [2.75, 3.05) is 0 Å². The van der Waals surface area contributed by atoms with Crippen LogP contribution in [-0.2, 0) is 16.0 Å². The third-order valence-corrected chi connectivity index (χ3v) is 7.70. The van der Waals surface area contributed by atoms with Gasteiger partial charge in [0.1, 0.15) is 5.78 Å². The Bertz CT molecular complexity index is 966. The van der Waals surface area contributed by atoms with Gasteiger partial charge in [-0.1, -0.05) is 75.6 Å². The SMILES string of the molecule is CC1(C)C(=O)[C@H](CCCCCCC(=O)O)[C@@H](CC[C@@H](O)CCc2ccc3ccccc3c2)[C@@H]1O. The second-order valence-corrected chi connectivity index (χ2v) is 10.6. The Morgan fingerprint density at radius 3 is 2.41 bits per heavy atom. The molecule has 3 rings (SSSR count). The minimum atomic E-state index is -0.768. The second-order valence-electron chi connectivity index (χ2n) is 10.6. The van der Waals surface area contributed by atoms with E-state index in [1.807, 2.05) is 26.0 Å². The van der Waals surface area contributed by atoms with Crippen LogP contribution >= 0.6 is 0 Å². The van der Waals surface area contributed by atoms with Crippen molar-refractivity contribution in [3.8, 4) is 0 Å². The summed E-state index contributed by atoms with van der Waals surface area (Å²) < 4.78 is 0. The lowest BCUT2D eigenvalue weighted by Crippen LogP contribution is -2.32. The van der Waals surface area contributed by atoms with Gasteiger partial charge in [0, 0.05) is 17.8 Å². The minimum absolute atomic E-state index is 0.126. The fourth-order valence-corrected chi connectivity index (χ4v) is 5.53. The molecule has 0 amide bonds. The van der Waals surface area contributed by atoms with E-state index in [1.165, 1.54) is 16.3 Å². The molecule has 0 aliphatic heterocycles. The Morgan fingerprint density at radius 1 is 0.971 bits per heavy atom. The van der Waals surface area contributed by atoms with E-state index in [4.69, 9.17) is 5.11 Å². The zero-order valence-corrected chi connectivity index (χ0v) is 20.6. The lowest BCUT2D eigenvalue weighted by Gasteiger charge is -2.25. The van der Waals surface area contributed by atoms with Crippen molar-refractivity contribution in [1.29, 1.82) is 0 Å². The number of carboxylic acids is 1. The summed E-state index contributed by atoms with van der Waals surface area (Å²) >= 11 is 0. The zero-order chi connectivity index (χ0) is 24.7. The topological polar surface area (TPSA) is 94.8 Å². The fourth-order valence-electron chi connectivity index (χ4n) is 5.53. The molecule has 5 heteroatoms. The van der Waals surface area contributed by atoms with Crippen molar-refractivity contribution < 1.29 is 24.9 Å². The maximum absolute atomic E-state index is 13.0. The first-order valence-electron chi connectivity index (χ1n) is 12.8. The van der Waals surface area contributed by atoms with Gasteiger partial charge < -0.3 is 15.3 Å². The summed E-state index contributed by atoms with van der Waals surface area (Å²) in [4.78, 5) is 23.7. The van der Waals surface area contributed by atoms with E-state index in [0.29, 0.717) is 25.7 Å². The number of Topliss-reactive ketones (excluding diaryl/α,β-unsaturated/α-hetero) is 1. The van der Waals surface area contributed by atoms with Gasteiger partial charge in [-0.25, -0.2) is 0 Å². The molecule has 1 aliphatic rings. The first-order chi connectivity index (χ1) is 16.2. The third kappa shape index (κ3) is 6.67. The molecule has 34 heavy (non-hydrogen) atoms. The van der Waals surface area contributed by atoms with Crippen molar-refractivity contribution in [2.45, 2.75) is 90.3 Å². The molecule has 5 nitrogen and oxygen atoms in total. The van der Waals surface area contributed by atoms with Crippen molar-refractivity contribution in [2.24, 2.45) is 17.3 Å². The first-order valence-corrected chi connectivity index (χ1v) is 12.8. The number of aliphatic hydroxyl groups excluding tert-OH is 2. The average molecular weight is 469 g/mol. The number of aliphatic hydroxyl groups is 2. The van der Waals surface area contributed by atoms with E-state index in [0.717, 1.165) is 32.1 Å². The predicted octanol–water partition coefficient (Wildman–Crippen LogP) is 5.54. The molecular formula is C29H40O5. The normalized spacial score (nSPS) is 22.8. The summed E-state index contributed by atoms with van der Waals surface area (Å²) in [7, 11) is 0. The summed E-state index contributed by atoms with van der Waals surface area (Å²) in [6.07, 6.45) is 5.70. The molecule has 0 unspecified atom stereocenters. The van der Waals surface area contributed by atoms with Crippen LogP contribution in [0.25, 0.3) is 10.8 Å². The van der Waals surface area contributed by atoms with Crippen LogP contribution in [0.15, 0.2) is 42.5 Å². The zero-order valence-electron chi connectivity index (χ0n) is 20.6. The number of rotatable bonds is 13. The Kier molecular flexibility index (Phi) is 9.26. The highest BCUT2D eigenvalue weighted by Gasteiger charge is 2.53. The molecule has 2 aromatic carbocycles. The van der Waals surface area contributed by atoms with Gasteiger partial charge in [0.05, 0.1) is 12.2 Å². The van der Waals surface area contributed by atoms with Gasteiger partial charge in [0.15, 0.2) is 0 Å². The molecule has 2 aromatic rings. The van der Waals surface area contributed by atoms with Crippen LogP contribution < -0.4 is 0 Å². The maximum Gasteiger partial charge on any atom is 0.303 e. The molecule has 1 fully saturated rings. The number of carbonyl (C=O) groups is 2. The number of carboxylic acid groups (broad SMARTS) is 1. The quantitative estimate of drug-likeness (QED) is 0.336. The summed E-state index contributed by atoms with van der Waals surface area (Å²) in [6.45, 7) is 3.66. The van der Waals surface area contributed by atoms with Gasteiger partial charge in [0.25, 0.3) is 0 Å². The number of benzene rings is 2. The van der Waals surface area contributed by atoms with Crippen LogP contribution in [0, 0.1) is 17.3 Å². The summed E-state index contributed by atoms with van der Waals surface area (Å²) in [6, 6.07) is 14.7. The molecule has 0 heterocycles. The molecule has 0 spiro atoms. The molecule has 4 atom stereocenters. The van der Waals surface area contributed by atoms with E-state index in [2.05, 4.69) is 30.3 Å². The maximum atomic E-state index is 13.0. The van der Waals surface area contributed by atoms with E-state index in [-0.39, 0.29) is 24.0 Å². The van der Waals surface area contributed by atoms with Crippen LogP contribution in [0.1, 0.15) is 77.2 Å². The molecule has 1 aliphatic carbocycles. The van der Waals surface area contributed by atoms with Gasteiger partial charge >= 0.3 is 5.97 Å². The number of aliphatic carboxylic acids is 1. The monoisotopic (exact) mass is 468 g/mol. The van der Waals surface area contributed by atoms with Gasteiger partial charge in [-0.3, -0.25) is 9.59 Å². The van der Waals surface area contributed by atoms with Crippen molar-refractivity contribution >= 4 is 22.5 Å². The van der Waals surface area contributed by atoms with Crippen molar-refractivity contribution in [3.05, 3.63) is 48.0 Å².